The van der Waals surface area contributed by atoms with Crippen LogP contribution < -0.4 is 4.72 Å². The van der Waals surface area contributed by atoms with Crippen LogP contribution in [0, 0.1) is 0 Å². The Morgan fingerprint density at radius 3 is 2.37 bits per heavy atom. The molecule has 0 bridgehead atoms. The maximum Gasteiger partial charge on any atom is 0.311 e. The van der Waals surface area contributed by atoms with Crippen molar-refractivity contribution in [3.63, 3.8) is 0 Å². The van der Waals surface area contributed by atoms with Crippen LogP contribution in [0.4, 0.5) is 5.69 Å². The third kappa shape index (κ3) is 4.46. The Labute approximate surface area is 158 Å². The van der Waals surface area contributed by atoms with Gasteiger partial charge >= 0.3 is 5.97 Å². The standard InChI is InChI=1S/C21H21NO4S/c1-2-18(21(23)24)19-9-5-6-10-20(19)22-27(25,26)14-15-11-12-16-7-3-4-8-17(16)13-15/h3-13,18,22H,2,14H2,1H3,(H,23,24). The largest absolute Gasteiger partial charge is 0.481 e. The fraction of sp³-hybridized carbons (Fsp3) is 0.190. The van der Waals surface area contributed by atoms with Gasteiger partial charge in [-0.3, -0.25) is 9.52 Å². The summed E-state index contributed by atoms with van der Waals surface area (Å²) in [6.45, 7) is 1.76. The highest BCUT2D eigenvalue weighted by atomic mass is 32.2. The van der Waals surface area contributed by atoms with Crippen LogP contribution in [0.1, 0.15) is 30.4 Å². The zero-order valence-electron chi connectivity index (χ0n) is 14.9. The van der Waals surface area contributed by atoms with E-state index >= 15 is 0 Å². The van der Waals surface area contributed by atoms with Gasteiger partial charge in [0.05, 0.1) is 17.4 Å². The van der Waals surface area contributed by atoms with Gasteiger partial charge in [-0.15, -0.1) is 0 Å². The van der Waals surface area contributed by atoms with E-state index in [0.717, 1.165) is 10.8 Å². The summed E-state index contributed by atoms with van der Waals surface area (Å²) in [6, 6.07) is 19.9. The molecule has 27 heavy (non-hydrogen) atoms. The first-order valence-electron chi connectivity index (χ1n) is 8.69. The molecule has 6 heteroatoms. The van der Waals surface area contributed by atoms with Crippen LogP contribution in [0.15, 0.2) is 66.7 Å². The third-order valence-electron chi connectivity index (χ3n) is 4.48. The lowest BCUT2D eigenvalue weighted by Crippen LogP contribution is -2.19. The summed E-state index contributed by atoms with van der Waals surface area (Å²) in [5.41, 5.74) is 1.45. The van der Waals surface area contributed by atoms with Crippen molar-refractivity contribution in [3.05, 3.63) is 77.9 Å². The molecule has 3 aromatic rings. The molecule has 1 unspecified atom stereocenters. The summed E-state index contributed by atoms with van der Waals surface area (Å²) in [6.07, 6.45) is 0.374. The molecule has 3 aromatic carbocycles. The van der Waals surface area contributed by atoms with Gasteiger partial charge in [0.25, 0.3) is 0 Å². The lowest BCUT2D eigenvalue weighted by atomic mass is 9.95. The Kier molecular flexibility index (Phi) is 5.46. The maximum absolute atomic E-state index is 12.7. The first-order chi connectivity index (χ1) is 12.9. The predicted octanol–water partition coefficient (Wildman–Crippen LogP) is 4.36. The van der Waals surface area contributed by atoms with Gasteiger partial charge in [0.2, 0.25) is 10.0 Å². The van der Waals surface area contributed by atoms with Gasteiger partial charge < -0.3 is 5.11 Å². The monoisotopic (exact) mass is 383 g/mol. The molecular formula is C21H21NO4S. The second-order valence-electron chi connectivity index (χ2n) is 6.43. The van der Waals surface area contributed by atoms with Gasteiger partial charge in [-0.1, -0.05) is 67.6 Å². The van der Waals surface area contributed by atoms with Crippen LogP contribution in [0.3, 0.4) is 0 Å². The molecule has 0 saturated carbocycles. The molecule has 0 aliphatic heterocycles. The van der Waals surface area contributed by atoms with E-state index in [2.05, 4.69) is 4.72 Å². The fourth-order valence-corrected chi connectivity index (χ4v) is 4.38. The van der Waals surface area contributed by atoms with Crippen molar-refractivity contribution in [3.8, 4) is 0 Å². The fourth-order valence-electron chi connectivity index (χ4n) is 3.17. The van der Waals surface area contributed by atoms with Crippen molar-refractivity contribution in [2.45, 2.75) is 25.0 Å². The minimum atomic E-state index is -3.69. The minimum absolute atomic E-state index is 0.184. The minimum Gasteiger partial charge on any atom is -0.481 e. The molecule has 3 rings (SSSR count). The van der Waals surface area contributed by atoms with Gasteiger partial charge in [0.1, 0.15) is 0 Å². The number of para-hydroxylation sites is 1. The zero-order valence-corrected chi connectivity index (χ0v) is 15.7. The summed E-state index contributed by atoms with van der Waals surface area (Å²) in [4.78, 5) is 11.5. The van der Waals surface area contributed by atoms with E-state index in [-0.39, 0.29) is 5.75 Å². The highest BCUT2D eigenvalue weighted by molar-refractivity contribution is 7.91. The Bertz CT molecular complexity index is 1080. The quantitative estimate of drug-likeness (QED) is 0.635. The van der Waals surface area contributed by atoms with Crippen LogP contribution in [0.5, 0.6) is 0 Å². The van der Waals surface area contributed by atoms with Crippen molar-refractivity contribution in [1.82, 2.24) is 0 Å². The zero-order chi connectivity index (χ0) is 19.4. The molecule has 0 fully saturated rings. The number of sulfonamides is 1. The summed E-state index contributed by atoms with van der Waals surface area (Å²) in [5, 5.41) is 11.4. The van der Waals surface area contributed by atoms with E-state index in [0.29, 0.717) is 23.2 Å². The molecule has 0 spiro atoms. The van der Waals surface area contributed by atoms with Crippen LogP contribution in [0.25, 0.3) is 10.8 Å². The van der Waals surface area contributed by atoms with Crippen LogP contribution in [0.2, 0.25) is 0 Å². The highest BCUT2D eigenvalue weighted by Gasteiger charge is 2.22. The predicted molar refractivity (Wildman–Crippen MR) is 107 cm³/mol. The number of carboxylic acid groups (broad SMARTS) is 1. The van der Waals surface area contributed by atoms with E-state index in [4.69, 9.17) is 0 Å². The number of aliphatic carboxylic acids is 1. The number of benzene rings is 3. The molecule has 0 aromatic heterocycles. The van der Waals surface area contributed by atoms with E-state index in [1.807, 2.05) is 36.4 Å². The summed E-state index contributed by atoms with van der Waals surface area (Å²) < 4.78 is 27.9. The van der Waals surface area contributed by atoms with Gasteiger partial charge in [-0.2, -0.15) is 0 Å². The molecule has 140 valence electrons. The van der Waals surface area contributed by atoms with E-state index in [1.165, 1.54) is 0 Å². The number of carbonyl (C=O) groups is 1. The molecular weight excluding hydrogens is 362 g/mol. The van der Waals surface area contributed by atoms with Crippen molar-refractivity contribution in [2.24, 2.45) is 0 Å². The van der Waals surface area contributed by atoms with E-state index < -0.39 is 21.9 Å². The van der Waals surface area contributed by atoms with Crippen LogP contribution >= 0.6 is 0 Å². The van der Waals surface area contributed by atoms with E-state index in [9.17, 15) is 18.3 Å². The molecule has 5 nitrogen and oxygen atoms in total. The average Bonchev–Trinajstić information content (AvgIpc) is 2.62. The molecule has 2 N–H and O–H groups in total. The lowest BCUT2D eigenvalue weighted by Gasteiger charge is -2.17. The normalized spacial score (nSPS) is 12.6. The first-order valence-corrected chi connectivity index (χ1v) is 10.3. The van der Waals surface area contributed by atoms with Crippen molar-refractivity contribution in [1.29, 1.82) is 0 Å². The number of carboxylic acids is 1. The summed E-state index contributed by atoms with van der Waals surface area (Å²) >= 11 is 0. The second-order valence-corrected chi connectivity index (χ2v) is 8.15. The molecule has 0 amide bonds. The SMILES string of the molecule is CCC(C(=O)O)c1ccccc1NS(=O)(=O)Cc1ccc2ccccc2c1. The first kappa shape index (κ1) is 18.9. The van der Waals surface area contributed by atoms with E-state index in [1.54, 1.807) is 37.3 Å². The van der Waals surface area contributed by atoms with Gasteiger partial charge in [0, 0.05) is 0 Å². The molecule has 1 atom stereocenters. The topological polar surface area (TPSA) is 83.5 Å². The highest BCUT2D eigenvalue weighted by Crippen LogP contribution is 2.28. The maximum atomic E-state index is 12.7. The number of rotatable bonds is 7. The smallest absolute Gasteiger partial charge is 0.311 e. The van der Waals surface area contributed by atoms with Crippen LogP contribution in [-0.4, -0.2) is 19.5 Å². The number of hydrogen-bond acceptors (Lipinski definition) is 3. The molecule has 0 heterocycles. The third-order valence-corrected chi connectivity index (χ3v) is 5.72. The Morgan fingerprint density at radius 2 is 1.67 bits per heavy atom. The Balaban J connectivity index is 1.87. The average molecular weight is 383 g/mol. The summed E-state index contributed by atoms with van der Waals surface area (Å²) in [7, 11) is -3.69. The molecule has 0 saturated heterocycles. The lowest BCUT2D eigenvalue weighted by molar-refractivity contribution is -0.138. The number of nitrogens with one attached hydrogen (secondary N) is 1. The van der Waals surface area contributed by atoms with Crippen molar-refractivity contribution < 1.29 is 18.3 Å². The van der Waals surface area contributed by atoms with Gasteiger partial charge in [-0.25, -0.2) is 8.42 Å². The Hall–Kier alpha value is -2.86. The number of anilines is 1. The van der Waals surface area contributed by atoms with Gasteiger partial charge in [0.15, 0.2) is 0 Å². The summed E-state index contributed by atoms with van der Waals surface area (Å²) in [5.74, 6) is -1.92. The molecule has 0 aliphatic rings. The van der Waals surface area contributed by atoms with Crippen molar-refractivity contribution in [2.75, 3.05) is 4.72 Å². The number of fused-ring (bicyclic) bond motifs is 1. The Morgan fingerprint density at radius 1 is 1.00 bits per heavy atom. The molecule has 0 radical (unpaired) electrons. The number of hydrogen-bond donors (Lipinski definition) is 2. The van der Waals surface area contributed by atoms with Crippen molar-refractivity contribution >= 4 is 32.5 Å². The van der Waals surface area contributed by atoms with Gasteiger partial charge in [-0.05, 0) is 34.4 Å². The molecule has 0 aliphatic carbocycles. The van der Waals surface area contributed by atoms with Crippen LogP contribution in [-0.2, 0) is 20.6 Å². The second kappa shape index (κ2) is 7.80.